The van der Waals surface area contributed by atoms with Crippen molar-refractivity contribution in [2.24, 2.45) is 0 Å². The molecule has 28 heavy (non-hydrogen) atoms. The van der Waals surface area contributed by atoms with Crippen LogP contribution in [-0.4, -0.2) is 32.7 Å². The van der Waals surface area contributed by atoms with Crippen LogP contribution in [0, 0.1) is 0 Å². The number of piperidine rings is 1. The van der Waals surface area contributed by atoms with Crippen molar-refractivity contribution >= 4 is 34.3 Å². The van der Waals surface area contributed by atoms with Gasteiger partial charge in [-0.25, -0.2) is 0 Å². The Morgan fingerprint density at radius 1 is 1.07 bits per heavy atom. The Balaban J connectivity index is 1.76. The van der Waals surface area contributed by atoms with Crippen LogP contribution in [0.5, 0.6) is 0 Å². The Morgan fingerprint density at radius 3 is 2.61 bits per heavy atom. The lowest BCUT2D eigenvalue weighted by molar-refractivity contribution is -0.136. The quantitative estimate of drug-likeness (QED) is 0.657. The lowest BCUT2D eigenvalue weighted by Crippen LogP contribution is -2.45. The number of hydrogen-bond donors (Lipinski definition) is 2. The highest BCUT2D eigenvalue weighted by Gasteiger charge is 2.30. The molecular formula is C19H15N5O4. The first kappa shape index (κ1) is 17.5. The van der Waals surface area contributed by atoms with Gasteiger partial charge in [0.1, 0.15) is 11.6 Å². The molecule has 0 radical (unpaired) electrons. The van der Waals surface area contributed by atoms with Crippen molar-refractivity contribution in [3.05, 3.63) is 64.4 Å². The molecule has 3 aromatic rings. The van der Waals surface area contributed by atoms with E-state index in [1.807, 2.05) is 0 Å². The zero-order chi connectivity index (χ0) is 19.7. The summed E-state index contributed by atoms with van der Waals surface area (Å²) in [5.74, 6) is -1.37. The highest BCUT2D eigenvalue weighted by atomic mass is 16.2. The molecule has 2 aromatic carbocycles. The SMILES string of the molecule is O=C1CCC(n2nnc3cccc(NC(=O)c4ccccc4)c3c2=O)C(=O)N1. The summed E-state index contributed by atoms with van der Waals surface area (Å²) in [6.07, 6.45) is 0.262. The Hall–Kier alpha value is -3.88. The molecule has 3 amide bonds. The molecule has 1 aromatic heterocycles. The molecular weight excluding hydrogens is 362 g/mol. The molecule has 1 saturated heterocycles. The van der Waals surface area contributed by atoms with Gasteiger partial charge in [-0.1, -0.05) is 29.5 Å². The highest BCUT2D eigenvalue weighted by Crippen LogP contribution is 2.21. The van der Waals surface area contributed by atoms with Gasteiger partial charge in [-0.3, -0.25) is 24.5 Å². The van der Waals surface area contributed by atoms with Crippen LogP contribution >= 0.6 is 0 Å². The van der Waals surface area contributed by atoms with Crippen LogP contribution in [0.2, 0.25) is 0 Å². The maximum Gasteiger partial charge on any atom is 0.280 e. The third-order valence-corrected chi connectivity index (χ3v) is 4.50. The minimum atomic E-state index is -0.931. The van der Waals surface area contributed by atoms with Crippen molar-refractivity contribution in [3.8, 4) is 0 Å². The summed E-state index contributed by atoms with van der Waals surface area (Å²) in [5.41, 5.74) is 0.433. The number of carbonyl (C=O) groups is 3. The number of anilines is 1. The van der Waals surface area contributed by atoms with Crippen LogP contribution in [0.4, 0.5) is 5.69 Å². The van der Waals surface area contributed by atoms with E-state index in [2.05, 4.69) is 20.9 Å². The monoisotopic (exact) mass is 377 g/mol. The molecule has 4 rings (SSSR count). The molecule has 1 unspecified atom stereocenters. The van der Waals surface area contributed by atoms with E-state index in [0.717, 1.165) is 4.68 Å². The van der Waals surface area contributed by atoms with E-state index < -0.39 is 17.5 Å². The van der Waals surface area contributed by atoms with Gasteiger partial charge < -0.3 is 5.32 Å². The molecule has 140 valence electrons. The minimum absolute atomic E-state index is 0.106. The van der Waals surface area contributed by atoms with Crippen molar-refractivity contribution in [2.45, 2.75) is 18.9 Å². The average molecular weight is 377 g/mol. The second-order valence-corrected chi connectivity index (χ2v) is 6.33. The topological polar surface area (TPSA) is 123 Å². The Bertz CT molecular complexity index is 1160. The molecule has 1 aliphatic heterocycles. The number of nitrogens with zero attached hydrogens (tertiary/aromatic N) is 3. The summed E-state index contributed by atoms with van der Waals surface area (Å²) in [7, 11) is 0. The molecule has 0 aliphatic carbocycles. The Kier molecular flexibility index (Phi) is 4.40. The number of amides is 3. The lowest BCUT2D eigenvalue weighted by atomic mass is 10.1. The fourth-order valence-electron chi connectivity index (χ4n) is 3.11. The zero-order valence-corrected chi connectivity index (χ0v) is 14.6. The summed E-state index contributed by atoms with van der Waals surface area (Å²) < 4.78 is 0.961. The number of fused-ring (bicyclic) bond motifs is 1. The lowest BCUT2D eigenvalue weighted by Gasteiger charge is -2.21. The van der Waals surface area contributed by atoms with Gasteiger partial charge in [0.05, 0.1) is 11.1 Å². The molecule has 0 saturated carbocycles. The van der Waals surface area contributed by atoms with Crippen molar-refractivity contribution < 1.29 is 14.4 Å². The van der Waals surface area contributed by atoms with Gasteiger partial charge in [-0.2, -0.15) is 4.68 Å². The van der Waals surface area contributed by atoms with E-state index in [9.17, 15) is 19.2 Å². The summed E-state index contributed by atoms with van der Waals surface area (Å²) in [6, 6.07) is 12.5. The number of nitrogens with one attached hydrogen (secondary N) is 2. The van der Waals surface area contributed by atoms with Crippen molar-refractivity contribution in [1.29, 1.82) is 0 Å². The maximum absolute atomic E-state index is 13.0. The first-order valence-electron chi connectivity index (χ1n) is 8.63. The molecule has 1 fully saturated rings. The molecule has 9 heteroatoms. The van der Waals surface area contributed by atoms with Crippen molar-refractivity contribution in [2.75, 3.05) is 5.32 Å². The fourth-order valence-corrected chi connectivity index (χ4v) is 3.11. The molecule has 1 atom stereocenters. The van der Waals surface area contributed by atoms with Gasteiger partial charge in [-0.05, 0) is 30.7 Å². The number of rotatable bonds is 3. The zero-order valence-electron chi connectivity index (χ0n) is 14.6. The van der Waals surface area contributed by atoms with Crippen LogP contribution in [0.3, 0.4) is 0 Å². The predicted octanol–water partition coefficient (Wildman–Crippen LogP) is 1.02. The minimum Gasteiger partial charge on any atom is -0.321 e. The fraction of sp³-hybridized carbons (Fsp3) is 0.158. The van der Waals surface area contributed by atoms with Crippen LogP contribution in [0.25, 0.3) is 10.9 Å². The van der Waals surface area contributed by atoms with Gasteiger partial charge in [0, 0.05) is 12.0 Å². The van der Waals surface area contributed by atoms with E-state index in [-0.39, 0.29) is 35.7 Å². The van der Waals surface area contributed by atoms with E-state index in [1.54, 1.807) is 48.5 Å². The maximum atomic E-state index is 13.0. The normalized spacial score (nSPS) is 16.6. The van der Waals surface area contributed by atoms with E-state index in [4.69, 9.17) is 0 Å². The molecule has 1 aliphatic rings. The first-order valence-corrected chi connectivity index (χ1v) is 8.63. The number of hydrogen-bond acceptors (Lipinski definition) is 6. The first-order chi connectivity index (χ1) is 13.5. The van der Waals surface area contributed by atoms with E-state index >= 15 is 0 Å². The van der Waals surface area contributed by atoms with Gasteiger partial charge in [0.15, 0.2) is 0 Å². The number of aromatic nitrogens is 3. The summed E-state index contributed by atoms with van der Waals surface area (Å²) in [5, 5.41) is 12.9. The molecule has 0 bridgehead atoms. The molecule has 9 nitrogen and oxygen atoms in total. The van der Waals surface area contributed by atoms with E-state index in [1.165, 1.54) is 0 Å². The number of imide groups is 1. The van der Waals surface area contributed by atoms with Crippen LogP contribution in [-0.2, 0) is 9.59 Å². The highest BCUT2D eigenvalue weighted by molar-refractivity contribution is 6.08. The average Bonchev–Trinajstić information content (AvgIpc) is 2.70. The van der Waals surface area contributed by atoms with Gasteiger partial charge in [0.25, 0.3) is 17.4 Å². The second kappa shape index (κ2) is 7.03. The van der Waals surface area contributed by atoms with E-state index in [0.29, 0.717) is 11.1 Å². The van der Waals surface area contributed by atoms with Crippen LogP contribution in [0.15, 0.2) is 53.3 Å². The van der Waals surface area contributed by atoms with Crippen LogP contribution in [0.1, 0.15) is 29.2 Å². The molecule has 0 spiro atoms. The Morgan fingerprint density at radius 2 is 1.86 bits per heavy atom. The van der Waals surface area contributed by atoms with Crippen LogP contribution < -0.4 is 16.2 Å². The summed E-state index contributed by atoms with van der Waals surface area (Å²) in [4.78, 5) is 49.0. The summed E-state index contributed by atoms with van der Waals surface area (Å²) >= 11 is 0. The second-order valence-electron chi connectivity index (χ2n) is 6.33. The number of carbonyl (C=O) groups excluding carboxylic acids is 3. The third-order valence-electron chi connectivity index (χ3n) is 4.50. The smallest absolute Gasteiger partial charge is 0.280 e. The third kappa shape index (κ3) is 3.13. The van der Waals surface area contributed by atoms with Crippen molar-refractivity contribution in [3.63, 3.8) is 0 Å². The Labute approximate surface area is 158 Å². The van der Waals surface area contributed by atoms with Gasteiger partial charge >= 0.3 is 0 Å². The standard InChI is InChI=1S/C19H15N5O4/c25-15-10-9-14(18(27)21-15)24-19(28)16-12(7-4-8-13(16)22-23-24)20-17(26)11-5-2-1-3-6-11/h1-8,14H,9-10H2,(H,20,26)(H,21,25,27). The molecule has 2 N–H and O–H groups in total. The largest absolute Gasteiger partial charge is 0.321 e. The molecule has 2 heterocycles. The number of benzene rings is 2. The summed E-state index contributed by atoms with van der Waals surface area (Å²) in [6.45, 7) is 0. The van der Waals surface area contributed by atoms with Gasteiger partial charge in [-0.15, -0.1) is 5.10 Å². The van der Waals surface area contributed by atoms with Crippen molar-refractivity contribution in [1.82, 2.24) is 20.3 Å². The van der Waals surface area contributed by atoms with Gasteiger partial charge in [0.2, 0.25) is 5.91 Å². The predicted molar refractivity (Wildman–Crippen MR) is 99.6 cm³/mol.